The number of hydrogen-bond donors (Lipinski definition) is 1. The van der Waals surface area contributed by atoms with Crippen LogP contribution in [0, 0.1) is 5.41 Å². The molecule has 0 aliphatic carbocycles. The third kappa shape index (κ3) is 4.30. The van der Waals surface area contributed by atoms with Gasteiger partial charge in [-0.2, -0.15) is 0 Å². The minimum atomic E-state index is 0.154. The summed E-state index contributed by atoms with van der Waals surface area (Å²) in [6.07, 6.45) is 4.83. The van der Waals surface area contributed by atoms with Crippen molar-refractivity contribution in [2.24, 2.45) is 5.41 Å². The Morgan fingerprint density at radius 3 is 2.56 bits per heavy atom. The minimum Gasteiger partial charge on any atom is -0.492 e. The van der Waals surface area contributed by atoms with Crippen LogP contribution in [0.2, 0.25) is 0 Å². The van der Waals surface area contributed by atoms with Crippen molar-refractivity contribution in [1.29, 1.82) is 0 Å². The molecule has 0 aromatic carbocycles. The summed E-state index contributed by atoms with van der Waals surface area (Å²) >= 11 is 0. The maximum Gasteiger partial charge on any atom is 0.137 e. The first-order valence-electron chi connectivity index (χ1n) is 6.80. The SMILES string of the molecule is CCCNC(c1cncc(OCC)c1)C(C)(C)C. The van der Waals surface area contributed by atoms with Crippen LogP contribution in [-0.2, 0) is 0 Å². The number of hydrogen-bond acceptors (Lipinski definition) is 3. The Morgan fingerprint density at radius 1 is 1.28 bits per heavy atom. The lowest BCUT2D eigenvalue weighted by molar-refractivity contribution is 0.271. The topological polar surface area (TPSA) is 34.2 Å². The molecule has 102 valence electrons. The molecule has 0 spiro atoms. The summed E-state index contributed by atoms with van der Waals surface area (Å²) in [6, 6.07) is 2.39. The van der Waals surface area contributed by atoms with Crippen molar-refractivity contribution in [2.45, 2.75) is 47.1 Å². The first-order chi connectivity index (χ1) is 8.49. The van der Waals surface area contributed by atoms with Gasteiger partial charge in [-0.05, 0) is 36.9 Å². The lowest BCUT2D eigenvalue weighted by atomic mass is 9.83. The third-order valence-corrected chi connectivity index (χ3v) is 2.84. The molecule has 1 aromatic rings. The average molecular weight is 250 g/mol. The van der Waals surface area contributed by atoms with Crippen LogP contribution in [0.25, 0.3) is 0 Å². The molecule has 0 amide bonds. The average Bonchev–Trinajstić information content (AvgIpc) is 2.29. The zero-order valence-electron chi connectivity index (χ0n) is 12.3. The monoisotopic (exact) mass is 250 g/mol. The van der Waals surface area contributed by atoms with E-state index in [1.807, 2.05) is 13.1 Å². The van der Waals surface area contributed by atoms with Gasteiger partial charge < -0.3 is 10.1 Å². The van der Waals surface area contributed by atoms with Crippen LogP contribution < -0.4 is 10.1 Å². The number of rotatable bonds is 6. The van der Waals surface area contributed by atoms with E-state index in [9.17, 15) is 0 Å². The summed E-state index contributed by atoms with van der Waals surface area (Å²) in [4.78, 5) is 4.28. The minimum absolute atomic E-state index is 0.154. The lowest BCUT2D eigenvalue weighted by Gasteiger charge is -2.32. The Balaban J connectivity index is 2.93. The Morgan fingerprint density at radius 2 is 2.00 bits per heavy atom. The van der Waals surface area contributed by atoms with Gasteiger partial charge in [-0.1, -0.05) is 27.7 Å². The van der Waals surface area contributed by atoms with Crippen molar-refractivity contribution >= 4 is 0 Å². The Labute approximate surface area is 111 Å². The van der Waals surface area contributed by atoms with Crippen molar-refractivity contribution < 1.29 is 4.74 Å². The smallest absolute Gasteiger partial charge is 0.137 e. The Bertz CT molecular complexity index is 358. The highest BCUT2D eigenvalue weighted by Crippen LogP contribution is 2.33. The molecule has 3 heteroatoms. The van der Waals surface area contributed by atoms with E-state index in [1.54, 1.807) is 6.20 Å². The van der Waals surface area contributed by atoms with Gasteiger partial charge >= 0.3 is 0 Å². The van der Waals surface area contributed by atoms with Crippen LogP contribution in [0.15, 0.2) is 18.5 Å². The normalized spacial score (nSPS) is 13.4. The summed E-state index contributed by atoms with van der Waals surface area (Å²) in [5.74, 6) is 0.850. The number of ether oxygens (including phenoxy) is 1. The van der Waals surface area contributed by atoms with Gasteiger partial charge in [0.25, 0.3) is 0 Å². The van der Waals surface area contributed by atoms with Gasteiger partial charge in [0.15, 0.2) is 0 Å². The summed E-state index contributed by atoms with van der Waals surface area (Å²) < 4.78 is 5.52. The van der Waals surface area contributed by atoms with E-state index in [4.69, 9.17) is 4.74 Å². The zero-order valence-corrected chi connectivity index (χ0v) is 12.3. The molecule has 3 nitrogen and oxygen atoms in total. The summed E-state index contributed by atoms with van der Waals surface area (Å²) in [7, 11) is 0. The molecular formula is C15H26N2O. The number of nitrogens with one attached hydrogen (secondary N) is 1. The van der Waals surface area contributed by atoms with E-state index in [1.165, 1.54) is 5.56 Å². The molecule has 1 rings (SSSR count). The Hall–Kier alpha value is -1.09. The van der Waals surface area contributed by atoms with Gasteiger partial charge in [-0.3, -0.25) is 4.98 Å². The standard InChI is InChI=1S/C15H26N2O/c1-6-8-17-14(15(3,4)5)12-9-13(18-7-2)11-16-10-12/h9-11,14,17H,6-8H2,1-5H3. The molecule has 0 aliphatic rings. The second-order valence-corrected chi connectivity index (χ2v) is 5.64. The van der Waals surface area contributed by atoms with Crippen LogP contribution in [0.1, 0.15) is 52.6 Å². The highest BCUT2D eigenvalue weighted by molar-refractivity contribution is 5.27. The van der Waals surface area contributed by atoms with Crippen LogP contribution in [0.4, 0.5) is 0 Å². The highest BCUT2D eigenvalue weighted by atomic mass is 16.5. The second-order valence-electron chi connectivity index (χ2n) is 5.64. The molecule has 1 N–H and O–H groups in total. The van der Waals surface area contributed by atoms with Crippen molar-refractivity contribution in [3.05, 3.63) is 24.0 Å². The van der Waals surface area contributed by atoms with Gasteiger partial charge in [0, 0.05) is 12.2 Å². The maximum absolute atomic E-state index is 5.52. The van der Waals surface area contributed by atoms with Crippen LogP contribution in [-0.4, -0.2) is 18.1 Å². The molecular weight excluding hydrogens is 224 g/mol. The molecule has 0 fully saturated rings. The molecule has 0 radical (unpaired) electrons. The third-order valence-electron chi connectivity index (χ3n) is 2.84. The molecule has 1 heterocycles. The first kappa shape index (κ1) is 15.0. The van der Waals surface area contributed by atoms with E-state index < -0.39 is 0 Å². The van der Waals surface area contributed by atoms with Gasteiger partial charge in [0.2, 0.25) is 0 Å². The molecule has 18 heavy (non-hydrogen) atoms. The number of pyridine rings is 1. The van der Waals surface area contributed by atoms with E-state index in [2.05, 4.69) is 44.1 Å². The quantitative estimate of drug-likeness (QED) is 0.838. The molecule has 0 aliphatic heterocycles. The van der Waals surface area contributed by atoms with E-state index in [0.29, 0.717) is 12.6 Å². The first-order valence-corrected chi connectivity index (χ1v) is 6.80. The van der Waals surface area contributed by atoms with Crippen LogP contribution in [0.5, 0.6) is 5.75 Å². The van der Waals surface area contributed by atoms with Crippen LogP contribution >= 0.6 is 0 Å². The van der Waals surface area contributed by atoms with Gasteiger partial charge in [-0.25, -0.2) is 0 Å². The van der Waals surface area contributed by atoms with E-state index >= 15 is 0 Å². The summed E-state index contributed by atoms with van der Waals surface area (Å²) in [6.45, 7) is 12.6. The molecule has 0 saturated heterocycles. The molecule has 1 aromatic heterocycles. The summed E-state index contributed by atoms with van der Waals surface area (Å²) in [5.41, 5.74) is 1.35. The van der Waals surface area contributed by atoms with Crippen molar-refractivity contribution in [3.63, 3.8) is 0 Å². The fourth-order valence-electron chi connectivity index (χ4n) is 2.05. The predicted molar refractivity (Wildman–Crippen MR) is 75.9 cm³/mol. The second kappa shape index (κ2) is 6.74. The largest absolute Gasteiger partial charge is 0.492 e. The molecule has 0 saturated carbocycles. The number of aromatic nitrogens is 1. The Kier molecular flexibility index (Phi) is 5.60. The molecule has 1 atom stereocenters. The van der Waals surface area contributed by atoms with Crippen molar-refractivity contribution in [2.75, 3.05) is 13.2 Å². The number of nitrogens with zero attached hydrogens (tertiary/aromatic N) is 1. The van der Waals surface area contributed by atoms with Gasteiger partial charge in [0.05, 0.1) is 12.8 Å². The van der Waals surface area contributed by atoms with E-state index in [-0.39, 0.29) is 5.41 Å². The van der Waals surface area contributed by atoms with Crippen LogP contribution in [0.3, 0.4) is 0 Å². The molecule has 0 bridgehead atoms. The zero-order chi connectivity index (χ0) is 13.6. The van der Waals surface area contributed by atoms with E-state index in [0.717, 1.165) is 18.7 Å². The van der Waals surface area contributed by atoms with Gasteiger partial charge in [-0.15, -0.1) is 0 Å². The fraction of sp³-hybridized carbons (Fsp3) is 0.667. The maximum atomic E-state index is 5.52. The molecule has 1 unspecified atom stereocenters. The van der Waals surface area contributed by atoms with Gasteiger partial charge in [0.1, 0.15) is 5.75 Å². The predicted octanol–water partition coefficient (Wildman–Crippen LogP) is 3.57. The van der Waals surface area contributed by atoms with Crippen molar-refractivity contribution in [3.8, 4) is 5.75 Å². The lowest BCUT2D eigenvalue weighted by Crippen LogP contribution is -2.32. The van der Waals surface area contributed by atoms with Crippen molar-refractivity contribution in [1.82, 2.24) is 10.3 Å². The highest BCUT2D eigenvalue weighted by Gasteiger charge is 2.26. The fourth-order valence-corrected chi connectivity index (χ4v) is 2.05. The summed E-state index contributed by atoms with van der Waals surface area (Å²) in [5, 5.41) is 3.60.